The quantitative estimate of drug-likeness (QED) is 0.771. The number of nitrogens with one attached hydrogen (secondary N) is 1. The second kappa shape index (κ2) is 8.91. The number of hydrogen-bond donors (Lipinski definition) is 2. The summed E-state index contributed by atoms with van der Waals surface area (Å²) in [5.74, 6) is 0.115. The number of carbonyl (C=O) groups is 1. The second-order valence-corrected chi connectivity index (χ2v) is 6.16. The van der Waals surface area contributed by atoms with E-state index in [0.29, 0.717) is 19.1 Å². The van der Waals surface area contributed by atoms with Gasteiger partial charge in [-0.15, -0.1) is 0 Å². The Morgan fingerprint density at radius 1 is 1.41 bits per heavy atom. The van der Waals surface area contributed by atoms with Gasteiger partial charge in [-0.3, -0.25) is 9.69 Å². The highest BCUT2D eigenvalue weighted by Gasteiger charge is 2.25. The average molecular weight is 304 g/mol. The summed E-state index contributed by atoms with van der Waals surface area (Å²) >= 11 is 0. The Bertz CT molecular complexity index is 476. The number of likely N-dealkylation sites (tertiary alicyclic amines) is 1. The van der Waals surface area contributed by atoms with Crippen molar-refractivity contribution in [3.8, 4) is 0 Å². The molecule has 4 heteroatoms. The molecule has 1 heterocycles. The molecule has 1 unspecified atom stereocenters. The van der Waals surface area contributed by atoms with Crippen molar-refractivity contribution in [3.63, 3.8) is 0 Å². The summed E-state index contributed by atoms with van der Waals surface area (Å²) < 4.78 is 0. The van der Waals surface area contributed by atoms with Crippen LogP contribution in [-0.2, 0) is 11.2 Å². The minimum atomic E-state index is 0.115. The van der Waals surface area contributed by atoms with Crippen molar-refractivity contribution in [2.24, 2.45) is 0 Å². The molecule has 1 aliphatic rings. The van der Waals surface area contributed by atoms with Gasteiger partial charge >= 0.3 is 0 Å². The van der Waals surface area contributed by atoms with Crippen molar-refractivity contribution in [3.05, 3.63) is 35.4 Å². The Morgan fingerprint density at radius 2 is 2.23 bits per heavy atom. The van der Waals surface area contributed by atoms with Gasteiger partial charge in [-0.05, 0) is 56.7 Å². The summed E-state index contributed by atoms with van der Waals surface area (Å²) in [5.41, 5.74) is 2.57. The first-order valence-corrected chi connectivity index (χ1v) is 8.37. The first kappa shape index (κ1) is 17.0. The lowest BCUT2D eigenvalue weighted by Crippen LogP contribution is -2.40. The summed E-state index contributed by atoms with van der Waals surface area (Å²) in [4.78, 5) is 14.4. The number of aliphatic hydroxyl groups excluding tert-OH is 1. The molecule has 0 aromatic heterocycles. The number of amides is 1. The second-order valence-electron chi connectivity index (χ2n) is 6.16. The Kier molecular flexibility index (Phi) is 6.87. The highest BCUT2D eigenvalue weighted by molar-refractivity contribution is 5.78. The minimum absolute atomic E-state index is 0.115. The Hall–Kier alpha value is -1.39. The van der Waals surface area contributed by atoms with Gasteiger partial charge < -0.3 is 10.4 Å². The molecule has 1 aliphatic heterocycles. The third-order valence-electron chi connectivity index (χ3n) is 4.52. The number of nitrogens with zero attached hydrogens (tertiary/aromatic N) is 1. The predicted molar refractivity (Wildman–Crippen MR) is 88.8 cm³/mol. The number of hydrogen-bond acceptors (Lipinski definition) is 3. The first-order valence-electron chi connectivity index (χ1n) is 8.37. The molecule has 1 atom stereocenters. The summed E-state index contributed by atoms with van der Waals surface area (Å²) in [7, 11) is 0. The molecule has 2 N–H and O–H groups in total. The van der Waals surface area contributed by atoms with Crippen molar-refractivity contribution < 1.29 is 9.90 Å². The van der Waals surface area contributed by atoms with Gasteiger partial charge in [-0.2, -0.15) is 0 Å². The van der Waals surface area contributed by atoms with Gasteiger partial charge in [0.25, 0.3) is 0 Å². The van der Waals surface area contributed by atoms with Crippen LogP contribution in [0.15, 0.2) is 24.3 Å². The molecule has 1 aromatic carbocycles. The fraction of sp³-hybridized carbons (Fsp3) is 0.611. The van der Waals surface area contributed by atoms with Crippen LogP contribution < -0.4 is 5.32 Å². The monoisotopic (exact) mass is 304 g/mol. The van der Waals surface area contributed by atoms with Crippen molar-refractivity contribution in [2.75, 3.05) is 26.2 Å². The molecule has 0 saturated carbocycles. The van der Waals surface area contributed by atoms with E-state index in [4.69, 9.17) is 5.11 Å². The fourth-order valence-electron chi connectivity index (χ4n) is 3.22. The molecule has 0 bridgehead atoms. The minimum Gasteiger partial charge on any atom is -0.396 e. The maximum atomic E-state index is 12.1. The lowest BCUT2D eigenvalue weighted by molar-refractivity contribution is -0.122. The van der Waals surface area contributed by atoms with Crippen LogP contribution in [0.3, 0.4) is 0 Å². The maximum absolute atomic E-state index is 12.1. The third-order valence-corrected chi connectivity index (χ3v) is 4.52. The van der Waals surface area contributed by atoms with Crippen molar-refractivity contribution in [1.82, 2.24) is 10.2 Å². The number of benzene rings is 1. The van der Waals surface area contributed by atoms with E-state index in [1.807, 2.05) is 12.1 Å². The van der Waals surface area contributed by atoms with Crippen LogP contribution in [0, 0.1) is 6.92 Å². The molecule has 1 saturated heterocycles. The highest BCUT2D eigenvalue weighted by atomic mass is 16.3. The third kappa shape index (κ3) is 5.11. The molecule has 0 spiro atoms. The molecule has 2 rings (SSSR count). The molecule has 0 aliphatic carbocycles. The van der Waals surface area contributed by atoms with Gasteiger partial charge in [-0.25, -0.2) is 0 Å². The lowest BCUT2D eigenvalue weighted by atomic mass is 10.1. The van der Waals surface area contributed by atoms with E-state index in [0.717, 1.165) is 38.6 Å². The molecule has 22 heavy (non-hydrogen) atoms. The van der Waals surface area contributed by atoms with Crippen molar-refractivity contribution in [1.29, 1.82) is 0 Å². The molecule has 1 aromatic rings. The topological polar surface area (TPSA) is 52.6 Å². The van der Waals surface area contributed by atoms with E-state index < -0.39 is 0 Å². The standard InChI is InChI=1S/C18H28N2O2/c1-15-6-2-3-7-16(15)10-11-19-18(22)14-20-12-4-8-17(20)9-5-13-21/h2-3,6-7,17,21H,4-5,8-14H2,1H3,(H,19,22). The van der Waals surface area contributed by atoms with Crippen molar-refractivity contribution >= 4 is 5.91 Å². The number of carbonyl (C=O) groups excluding carboxylic acids is 1. The molecule has 4 nitrogen and oxygen atoms in total. The van der Waals surface area contributed by atoms with Gasteiger partial charge in [0.15, 0.2) is 0 Å². The van der Waals surface area contributed by atoms with Crippen molar-refractivity contribution in [2.45, 2.75) is 45.1 Å². The zero-order valence-electron chi connectivity index (χ0n) is 13.6. The predicted octanol–water partition coefficient (Wildman–Crippen LogP) is 1.89. The highest BCUT2D eigenvalue weighted by Crippen LogP contribution is 2.20. The lowest BCUT2D eigenvalue weighted by Gasteiger charge is -2.23. The summed E-state index contributed by atoms with van der Waals surface area (Å²) in [6, 6.07) is 8.77. The molecule has 0 radical (unpaired) electrons. The van der Waals surface area contributed by atoms with Gasteiger partial charge in [0, 0.05) is 19.2 Å². The average Bonchev–Trinajstić information content (AvgIpc) is 2.94. The van der Waals surface area contributed by atoms with Crippen LogP contribution in [0.5, 0.6) is 0 Å². The zero-order valence-corrected chi connectivity index (χ0v) is 13.6. The van der Waals surface area contributed by atoms with Gasteiger partial charge in [0.2, 0.25) is 5.91 Å². The van der Waals surface area contributed by atoms with Gasteiger partial charge in [0.05, 0.1) is 6.54 Å². The van der Waals surface area contributed by atoms with E-state index in [2.05, 4.69) is 29.3 Å². The molecule has 1 fully saturated rings. The number of aryl methyl sites for hydroxylation is 1. The number of rotatable bonds is 8. The maximum Gasteiger partial charge on any atom is 0.234 e. The largest absolute Gasteiger partial charge is 0.396 e. The van der Waals surface area contributed by atoms with Crippen LogP contribution >= 0.6 is 0 Å². The van der Waals surface area contributed by atoms with Crippen LogP contribution in [-0.4, -0.2) is 48.2 Å². The van der Waals surface area contributed by atoms with E-state index in [-0.39, 0.29) is 12.5 Å². The molecule has 122 valence electrons. The molecule has 1 amide bonds. The summed E-state index contributed by atoms with van der Waals surface area (Å²) in [6.07, 6.45) is 5.01. The zero-order chi connectivity index (χ0) is 15.8. The van der Waals surface area contributed by atoms with Crippen LogP contribution in [0.2, 0.25) is 0 Å². The Labute approximate surface area is 133 Å². The smallest absolute Gasteiger partial charge is 0.234 e. The van der Waals surface area contributed by atoms with Gasteiger partial charge in [0.1, 0.15) is 0 Å². The van der Waals surface area contributed by atoms with Gasteiger partial charge in [-0.1, -0.05) is 24.3 Å². The molecular formula is C18H28N2O2. The van der Waals surface area contributed by atoms with E-state index >= 15 is 0 Å². The van der Waals surface area contributed by atoms with Crippen LogP contribution in [0.4, 0.5) is 0 Å². The first-order chi connectivity index (χ1) is 10.7. The van der Waals surface area contributed by atoms with E-state index in [1.165, 1.54) is 11.1 Å². The number of aliphatic hydroxyl groups is 1. The van der Waals surface area contributed by atoms with Crippen LogP contribution in [0.25, 0.3) is 0 Å². The van der Waals surface area contributed by atoms with Crippen LogP contribution in [0.1, 0.15) is 36.8 Å². The SMILES string of the molecule is Cc1ccccc1CCNC(=O)CN1CCCC1CCCO. The van der Waals surface area contributed by atoms with E-state index in [9.17, 15) is 4.79 Å². The summed E-state index contributed by atoms with van der Waals surface area (Å²) in [6.45, 7) is 4.53. The summed E-state index contributed by atoms with van der Waals surface area (Å²) in [5, 5.41) is 12.0. The van der Waals surface area contributed by atoms with E-state index in [1.54, 1.807) is 0 Å². The molecular weight excluding hydrogens is 276 g/mol. The Morgan fingerprint density at radius 3 is 3.00 bits per heavy atom. The Balaban J connectivity index is 1.70. The normalized spacial score (nSPS) is 18.5. The fourth-order valence-corrected chi connectivity index (χ4v) is 3.22.